The Kier molecular flexibility index (Phi) is 1.31. The van der Waals surface area contributed by atoms with Crippen LogP contribution < -0.4 is 0 Å². The van der Waals surface area contributed by atoms with Crippen molar-refractivity contribution in [2.24, 2.45) is 0 Å². The van der Waals surface area contributed by atoms with Gasteiger partial charge in [0, 0.05) is 0 Å². The molecule has 0 aliphatic heterocycles. The van der Waals surface area contributed by atoms with Gasteiger partial charge in [-0.05, 0) is 0 Å². The van der Waals surface area contributed by atoms with Crippen LogP contribution in [0.2, 0.25) is 0 Å². The third kappa shape index (κ3) is 0.843. The van der Waals surface area contributed by atoms with Gasteiger partial charge < -0.3 is 0 Å². The predicted octanol–water partition coefficient (Wildman–Crippen LogP) is 2.69. The Balaban J connectivity index is 2.97. The molecule has 0 heterocycles. The van der Waals surface area contributed by atoms with Crippen LogP contribution in [0.3, 0.4) is 0 Å². The van der Waals surface area contributed by atoms with E-state index in [9.17, 15) is 17.6 Å². The van der Waals surface area contributed by atoms with Crippen LogP contribution in [0.15, 0.2) is 23.3 Å². The molecule has 1 rings (SSSR count). The zero-order chi connectivity index (χ0) is 7.02. The Morgan fingerprint density at radius 3 is 1.22 bits per heavy atom. The molecule has 0 nitrogen and oxygen atoms in total. The fourth-order valence-electron chi connectivity index (χ4n) is 0.530. The van der Waals surface area contributed by atoms with Crippen LogP contribution in [-0.4, -0.2) is 0 Å². The highest BCUT2D eigenvalue weighted by Gasteiger charge is 2.25. The molecule has 0 aromatic heterocycles. The molecular weight excluding hydrogens is 136 g/mol. The highest BCUT2D eigenvalue weighted by atomic mass is 19.2. The van der Waals surface area contributed by atoms with Crippen molar-refractivity contribution >= 4 is 0 Å². The lowest BCUT2D eigenvalue weighted by molar-refractivity contribution is 0.501. The molecule has 0 saturated carbocycles. The minimum Gasteiger partial charge on any atom is -0.208 e. The number of rotatable bonds is 0. The van der Waals surface area contributed by atoms with Gasteiger partial charge >= 0.3 is 0 Å². The van der Waals surface area contributed by atoms with Gasteiger partial charge in [0.2, 0.25) is 0 Å². The van der Waals surface area contributed by atoms with E-state index in [0.29, 0.717) is 0 Å². The first kappa shape index (κ1) is 6.32. The molecule has 0 radical (unpaired) electrons. The van der Waals surface area contributed by atoms with Gasteiger partial charge in [0.25, 0.3) is 0 Å². The van der Waals surface area contributed by atoms with Crippen LogP contribution in [0.1, 0.15) is 6.42 Å². The smallest absolute Gasteiger partial charge is 0.193 e. The first-order valence-electron chi connectivity index (χ1n) is 2.21. The standard InChI is InChI=1S/C5H2F4/c6-2-1-3(7)5(9)4(2)8/h1H2. The van der Waals surface area contributed by atoms with Gasteiger partial charge in [0.1, 0.15) is 11.7 Å². The second-order valence-electron chi connectivity index (χ2n) is 1.61. The topological polar surface area (TPSA) is 0 Å². The van der Waals surface area contributed by atoms with Crippen LogP contribution in [0.5, 0.6) is 0 Å². The molecule has 0 bridgehead atoms. The molecular formula is C5H2F4. The van der Waals surface area contributed by atoms with Crippen LogP contribution in [0.4, 0.5) is 17.6 Å². The van der Waals surface area contributed by atoms with Crippen LogP contribution in [0.25, 0.3) is 0 Å². The average Bonchev–Trinajstić information content (AvgIpc) is 1.98. The summed E-state index contributed by atoms with van der Waals surface area (Å²) in [7, 11) is 0. The van der Waals surface area contributed by atoms with Gasteiger partial charge in [-0.2, -0.15) is 0 Å². The van der Waals surface area contributed by atoms with Crippen LogP contribution >= 0.6 is 0 Å². The van der Waals surface area contributed by atoms with E-state index in [1.807, 2.05) is 0 Å². The third-order valence-corrected chi connectivity index (χ3v) is 0.979. The van der Waals surface area contributed by atoms with E-state index in [0.717, 1.165) is 0 Å². The maximum Gasteiger partial charge on any atom is 0.193 e. The van der Waals surface area contributed by atoms with Crippen molar-refractivity contribution in [3.63, 3.8) is 0 Å². The Bertz CT molecular complexity index is 179. The second kappa shape index (κ2) is 1.86. The van der Waals surface area contributed by atoms with E-state index < -0.39 is 29.7 Å². The number of hydrogen-bond donors (Lipinski definition) is 0. The molecule has 1 aliphatic rings. The van der Waals surface area contributed by atoms with E-state index in [4.69, 9.17) is 0 Å². The van der Waals surface area contributed by atoms with Gasteiger partial charge in [-0.15, -0.1) is 0 Å². The molecule has 0 unspecified atom stereocenters. The summed E-state index contributed by atoms with van der Waals surface area (Å²) >= 11 is 0. The summed E-state index contributed by atoms with van der Waals surface area (Å²) in [5.41, 5.74) is 0. The Hall–Kier alpha value is -0.800. The van der Waals surface area contributed by atoms with Crippen molar-refractivity contribution in [3.05, 3.63) is 23.3 Å². The normalized spacial score (nSPS) is 20.0. The van der Waals surface area contributed by atoms with E-state index in [1.165, 1.54) is 0 Å². The second-order valence-corrected chi connectivity index (χ2v) is 1.61. The Morgan fingerprint density at radius 2 is 1.11 bits per heavy atom. The van der Waals surface area contributed by atoms with Gasteiger partial charge in [-0.1, -0.05) is 0 Å². The van der Waals surface area contributed by atoms with Crippen molar-refractivity contribution in [1.82, 2.24) is 0 Å². The van der Waals surface area contributed by atoms with Crippen molar-refractivity contribution in [1.29, 1.82) is 0 Å². The van der Waals surface area contributed by atoms with Crippen LogP contribution in [0, 0.1) is 0 Å². The maximum absolute atomic E-state index is 11.8. The highest BCUT2D eigenvalue weighted by molar-refractivity contribution is 5.33. The fraction of sp³-hybridized carbons (Fsp3) is 0.200. The number of hydrogen-bond acceptors (Lipinski definition) is 0. The largest absolute Gasteiger partial charge is 0.208 e. The molecule has 0 saturated heterocycles. The molecule has 9 heavy (non-hydrogen) atoms. The molecule has 0 aromatic carbocycles. The molecule has 0 aromatic rings. The number of halogens is 4. The maximum atomic E-state index is 11.8. The van der Waals surface area contributed by atoms with E-state index in [-0.39, 0.29) is 0 Å². The van der Waals surface area contributed by atoms with Crippen molar-refractivity contribution in [3.8, 4) is 0 Å². The first-order chi connectivity index (χ1) is 4.13. The zero-order valence-corrected chi connectivity index (χ0v) is 4.22. The highest BCUT2D eigenvalue weighted by Crippen LogP contribution is 2.34. The number of allylic oxidation sites excluding steroid dienone is 4. The molecule has 0 amide bonds. The summed E-state index contributed by atoms with van der Waals surface area (Å²) in [4.78, 5) is 0. The van der Waals surface area contributed by atoms with E-state index in [2.05, 4.69) is 0 Å². The molecule has 0 N–H and O–H groups in total. The van der Waals surface area contributed by atoms with Gasteiger partial charge in [-0.25, -0.2) is 17.6 Å². The molecule has 4 heteroatoms. The summed E-state index contributed by atoms with van der Waals surface area (Å²) < 4.78 is 47.2. The summed E-state index contributed by atoms with van der Waals surface area (Å²) in [5.74, 6) is -6.14. The summed E-state index contributed by atoms with van der Waals surface area (Å²) in [6.07, 6.45) is -0.877. The Labute approximate surface area is 48.5 Å². The molecule has 50 valence electrons. The van der Waals surface area contributed by atoms with E-state index in [1.54, 1.807) is 0 Å². The molecule has 0 atom stereocenters. The van der Waals surface area contributed by atoms with E-state index >= 15 is 0 Å². The first-order valence-corrected chi connectivity index (χ1v) is 2.21. The van der Waals surface area contributed by atoms with Gasteiger partial charge in [0.15, 0.2) is 11.7 Å². The molecule has 1 aliphatic carbocycles. The zero-order valence-electron chi connectivity index (χ0n) is 4.22. The van der Waals surface area contributed by atoms with Crippen LogP contribution in [-0.2, 0) is 0 Å². The monoisotopic (exact) mass is 138 g/mol. The summed E-state index contributed by atoms with van der Waals surface area (Å²) in [6, 6.07) is 0. The summed E-state index contributed by atoms with van der Waals surface area (Å²) in [5, 5.41) is 0. The quantitative estimate of drug-likeness (QED) is 0.451. The van der Waals surface area contributed by atoms with Gasteiger partial charge in [-0.3, -0.25) is 0 Å². The SMILES string of the molecule is FC1=C(F)C(F)=C(F)C1. The van der Waals surface area contributed by atoms with Crippen molar-refractivity contribution in [2.45, 2.75) is 6.42 Å². The fourth-order valence-corrected chi connectivity index (χ4v) is 0.530. The average molecular weight is 138 g/mol. The summed E-state index contributed by atoms with van der Waals surface area (Å²) in [6.45, 7) is 0. The third-order valence-electron chi connectivity index (χ3n) is 0.979. The molecule has 0 fully saturated rings. The molecule has 0 spiro atoms. The minimum atomic E-state index is -1.70. The lowest BCUT2D eigenvalue weighted by Gasteiger charge is -1.81. The lowest BCUT2D eigenvalue weighted by Crippen LogP contribution is -1.68. The van der Waals surface area contributed by atoms with Crippen molar-refractivity contribution in [2.75, 3.05) is 0 Å². The van der Waals surface area contributed by atoms with Crippen molar-refractivity contribution < 1.29 is 17.6 Å². The Morgan fingerprint density at radius 1 is 0.778 bits per heavy atom. The predicted molar refractivity (Wildman–Crippen MR) is 23.1 cm³/mol. The van der Waals surface area contributed by atoms with Gasteiger partial charge in [0.05, 0.1) is 6.42 Å². The lowest BCUT2D eigenvalue weighted by atomic mass is 10.4. The minimum absolute atomic E-state index is 0.877.